The standard InChI is InChI=1S/C16H15BrN2O4S/c1-3-22-13-6-14(23-4-2)10(17)5-9(13)12-8-24-16-18-11(15(20)21)7-19(12)16/h5-8H,3-4H2,1-2H3,(H,20,21). The van der Waals surface area contributed by atoms with E-state index in [1.165, 1.54) is 17.5 Å². The fraction of sp³-hybridized carbons (Fsp3) is 0.250. The van der Waals surface area contributed by atoms with Gasteiger partial charge in [-0.3, -0.25) is 4.40 Å². The molecule has 0 fully saturated rings. The third kappa shape index (κ3) is 2.99. The van der Waals surface area contributed by atoms with Gasteiger partial charge in [-0.05, 0) is 35.8 Å². The zero-order valence-corrected chi connectivity index (χ0v) is 15.5. The van der Waals surface area contributed by atoms with Crippen LogP contribution in [0.15, 0.2) is 28.2 Å². The highest BCUT2D eigenvalue weighted by atomic mass is 79.9. The van der Waals surface area contributed by atoms with Crippen LogP contribution in [0.3, 0.4) is 0 Å². The number of hydrogen-bond donors (Lipinski definition) is 1. The lowest BCUT2D eigenvalue weighted by molar-refractivity contribution is 0.0691. The topological polar surface area (TPSA) is 73.1 Å². The van der Waals surface area contributed by atoms with Crippen LogP contribution in [0, 0.1) is 0 Å². The lowest BCUT2D eigenvalue weighted by Crippen LogP contribution is -1.99. The van der Waals surface area contributed by atoms with Crippen molar-refractivity contribution in [3.63, 3.8) is 0 Å². The fourth-order valence-corrected chi connectivity index (χ4v) is 3.69. The van der Waals surface area contributed by atoms with Crippen molar-refractivity contribution >= 4 is 38.2 Å². The van der Waals surface area contributed by atoms with Crippen LogP contribution in [0.5, 0.6) is 11.5 Å². The molecule has 0 spiro atoms. The Kier molecular flexibility index (Phi) is 4.77. The molecule has 0 aliphatic heterocycles. The first kappa shape index (κ1) is 16.8. The number of hydrogen-bond acceptors (Lipinski definition) is 5. The second-order valence-electron chi connectivity index (χ2n) is 4.85. The van der Waals surface area contributed by atoms with Gasteiger partial charge in [-0.25, -0.2) is 9.78 Å². The molecule has 0 atom stereocenters. The summed E-state index contributed by atoms with van der Waals surface area (Å²) in [5.41, 5.74) is 1.68. The summed E-state index contributed by atoms with van der Waals surface area (Å²) >= 11 is 4.90. The third-order valence-corrected chi connectivity index (χ3v) is 4.80. The van der Waals surface area contributed by atoms with Gasteiger partial charge in [0, 0.05) is 23.2 Å². The van der Waals surface area contributed by atoms with Gasteiger partial charge >= 0.3 is 5.97 Å². The molecule has 3 rings (SSSR count). The van der Waals surface area contributed by atoms with E-state index in [1.54, 1.807) is 4.40 Å². The molecule has 0 saturated heterocycles. The van der Waals surface area contributed by atoms with Crippen molar-refractivity contribution in [2.24, 2.45) is 0 Å². The molecule has 3 aromatic rings. The largest absolute Gasteiger partial charge is 0.493 e. The molecule has 1 aromatic carbocycles. The van der Waals surface area contributed by atoms with Gasteiger partial charge < -0.3 is 14.6 Å². The Balaban J connectivity index is 2.17. The number of nitrogens with zero attached hydrogens (tertiary/aromatic N) is 2. The number of halogens is 1. The fourth-order valence-electron chi connectivity index (χ4n) is 2.36. The zero-order chi connectivity index (χ0) is 17.3. The van der Waals surface area contributed by atoms with E-state index >= 15 is 0 Å². The highest BCUT2D eigenvalue weighted by Gasteiger charge is 2.18. The normalized spacial score (nSPS) is 11.0. The molecule has 0 aliphatic carbocycles. The third-order valence-electron chi connectivity index (χ3n) is 3.34. The smallest absolute Gasteiger partial charge is 0.356 e. The van der Waals surface area contributed by atoms with Gasteiger partial charge in [-0.2, -0.15) is 0 Å². The Morgan fingerprint density at radius 1 is 1.29 bits per heavy atom. The van der Waals surface area contributed by atoms with Crippen LogP contribution < -0.4 is 9.47 Å². The molecule has 2 heterocycles. The summed E-state index contributed by atoms with van der Waals surface area (Å²) in [6.07, 6.45) is 1.52. The monoisotopic (exact) mass is 410 g/mol. The van der Waals surface area contributed by atoms with Gasteiger partial charge in [0.1, 0.15) is 11.5 Å². The van der Waals surface area contributed by atoms with E-state index in [1.807, 2.05) is 31.4 Å². The maximum absolute atomic E-state index is 11.1. The Hall–Kier alpha value is -2.06. The summed E-state index contributed by atoms with van der Waals surface area (Å²) < 4.78 is 13.9. The number of imidazole rings is 1. The van der Waals surface area contributed by atoms with E-state index in [0.29, 0.717) is 29.7 Å². The second kappa shape index (κ2) is 6.82. The quantitative estimate of drug-likeness (QED) is 0.654. The van der Waals surface area contributed by atoms with Crippen LogP contribution in [-0.4, -0.2) is 33.7 Å². The minimum atomic E-state index is -1.05. The molecule has 0 aliphatic rings. The first-order chi connectivity index (χ1) is 11.5. The predicted molar refractivity (Wildman–Crippen MR) is 95.5 cm³/mol. The zero-order valence-electron chi connectivity index (χ0n) is 13.1. The molecular weight excluding hydrogens is 396 g/mol. The van der Waals surface area contributed by atoms with E-state index < -0.39 is 5.97 Å². The van der Waals surface area contributed by atoms with Crippen molar-refractivity contribution in [1.29, 1.82) is 0 Å². The van der Waals surface area contributed by atoms with Crippen LogP contribution in [0.1, 0.15) is 24.3 Å². The lowest BCUT2D eigenvalue weighted by atomic mass is 10.1. The molecule has 0 unspecified atom stereocenters. The number of thiazole rings is 1. The molecular formula is C16H15BrN2O4S. The van der Waals surface area contributed by atoms with Crippen LogP contribution in [0.2, 0.25) is 0 Å². The molecule has 0 amide bonds. The maximum Gasteiger partial charge on any atom is 0.356 e. The number of carboxylic acid groups (broad SMARTS) is 1. The van der Waals surface area contributed by atoms with Crippen molar-refractivity contribution < 1.29 is 19.4 Å². The van der Waals surface area contributed by atoms with E-state index in [4.69, 9.17) is 14.6 Å². The maximum atomic E-state index is 11.1. The molecule has 24 heavy (non-hydrogen) atoms. The predicted octanol–water partition coefficient (Wildman–Crippen LogP) is 4.32. The molecule has 0 bridgehead atoms. The minimum Gasteiger partial charge on any atom is -0.493 e. The van der Waals surface area contributed by atoms with Gasteiger partial charge in [0.25, 0.3) is 0 Å². The van der Waals surface area contributed by atoms with E-state index in [0.717, 1.165) is 15.7 Å². The lowest BCUT2D eigenvalue weighted by Gasteiger charge is -2.14. The van der Waals surface area contributed by atoms with Crippen LogP contribution >= 0.6 is 27.3 Å². The van der Waals surface area contributed by atoms with Gasteiger partial charge in [0.15, 0.2) is 10.7 Å². The number of aromatic nitrogens is 2. The molecule has 1 N–H and O–H groups in total. The molecule has 0 radical (unpaired) electrons. The Labute approximate surface area is 150 Å². The first-order valence-electron chi connectivity index (χ1n) is 7.34. The number of carbonyl (C=O) groups is 1. The van der Waals surface area contributed by atoms with Crippen molar-refractivity contribution in [2.45, 2.75) is 13.8 Å². The summed E-state index contributed by atoms with van der Waals surface area (Å²) in [6.45, 7) is 4.89. The Bertz CT molecular complexity index is 903. The highest BCUT2D eigenvalue weighted by molar-refractivity contribution is 9.10. The molecule has 126 valence electrons. The first-order valence-corrected chi connectivity index (χ1v) is 9.01. The SMILES string of the molecule is CCOc1cc(OCC)c(-c2csc3nc(C(=O)O)cn23)cc1Br. The number of fused-ring (bicyclic) bond motifs is 1. The average Bonchev–Trinajstić information content (AvgIpc) is 3.11. The number of benzene rings is 1. The second-order valence-corrected chi connectivity index (χ2v) is 6.54. The van der Waals surface area contributed by atoms with Gasteiger partial charge in [-0.1, -0.05) is 0 Å². The Morgan fingerprint density at radius 3 is 2.67 bits per heavy atom. The number of rotatable bonds is 6. The van der Waals surface area contributed by atoms with Crippen LogP contribution in [-0.2, 0) is 0 Å². The van der Waals surface area contributed by atoms with Gasteiger partial charge in [0.2, 0.25) is 0 Å². The highest BCUT2D eigenvalue weighted by Crippen LogP contribution is 2.40. The van der Waals surface area contributed by atoms with Crippen molar-refractivity contribution in [3.05, 3.63) is 33.9 Å². The van der Waals surface area contributed by atoms with Crippen LogP contribution in [0.25, 0.3) is 16.2 Å². The summed E-state index contributed by atoms with van der Waals surface area (Å²) in [6, 6.07) is 3.75. The van der Waals surface area contributed by atoms with E-state index in [9.17, 15) is 4.79 Å². The van der Waals surface area contributed by atoms with E-state index in [-0.39, 0.29) is 5.69 Å². The van der Waals surface area contributed by atoms with Gasteiger partial charge in [0.05, 0.1) is 23.4 Å². The number of ether oxygens (including phenoxy) is 2. The number of aromatic carboxylic acids is 1. The number of carboxylic acids is 1. The van der Waals surface area contributed by atoms with Crippen molar-refractivity contribution in [2.75, 3.05) is 13.2 Å². The average molecular weight is 411 g/mol. The molecule has 0 saturated carbocycles. The van der Waals surface area contributed by atoms with E-state index in [2.05, 4.69) is 20.9 Å². The molecule has 2 aromatic heterocycles. The molecule has 8 heteroatoms. The van der Waals surface area contributed by atoms with Crippen LogP contribution in [0.4, 0.5) is 0 Å². The van der Waals surface area contributed by atoms with Gasteiger partial charge in [-0.15, -0.1) is 11.3 Å². The summed E-state index contributed by atoms with van der Waals surface area (Å²) in [7, 11) is 0. The Morgan fingerprint density at radius 2 is 2.00 bits per heavy atom. The summed E-state index contributed by atoms with van der Waals surface area (Å²) in [5, 5.41) is 11.1. The molecule has 6 nitrogen and oxygen atoms in total. The summed E-state index contributed by atoms with van der Waals surface area (Å²) in [5.74, 6) is 0.331. The van der Waals surface area contributed by atoms with Crippen molar-refractivity contribution in [1.82, 2.24) is 9.38 Å². The van der Waals surface area contributed by atoms with Crippen molar-refractivity contribution in [3.8, 4) is 22.8 Å². The minimum absolute atomic E-state index is 0.0195. The summed E-state index contributed by atoms with van der Waals surface area (Å²) in [4.78, 5) is 15.9.